The lowest BCUT2D eigenvalue weighted by Crippen LogP contribution is -2.03. The zero-order chi connectivity index (χ0) is 10.0. The fourth-order valence-electron chi connectivity index (χ4n) is 1.27. The predicted octanol–water partition coefficient (Wildman–Crippen LogP) is 0.746. The summed E-state index contributed by atoms with van der Waals surface area (Å²) < 4.78 is 1.50. The van der Waals surface area contributed by atoms with Gasteiger partial charge in [-0.05, 0) is 13.3 Å². The van der Waals surface area contributed by atoms with Gasteiger partial charge in [0.2, 0.25) is 0 Å². The molecule has 13 heavy (non-hydrogen) atoms. The number of nitrogens with two attached hydrogens (primary N) is 1. The van der Waals surface area contributed by atoms with Gasteiger partial charge in [-0.1, -0.05) is 6.92 Å². The van der Waals surface area contributed by atoms with Crippen LogP contribution < -0.4 is 5.73 Å². The van der Waals surface area contributed by atoms with Gasteiger partial charge in [-0.25, -0.2) is 9.48 Å². The Morgan fingerprint density at radius 1 is 1.62 bits per heavy atom. The number of carboxylic acid groups (broad SMARTS) is 1. The molecule has 0 radical (unpaired) electrons. The van der Waals surface area contributed by atoms with E-state index in [2.05, 4.69) is 5.10 Å². The molecule has 0 aliphatic heterocycles. The van der Waals surface area contributed by atoms with E-state index in [9.17, 15) is 4.79 Å². The molecule has 0 saturated heterocycles. The van der Waals surface area contributed by atoms with E-state index < -0.39 is 5.97 Å². The van der Waals surface area contributed by atoms with Crippen LogP contribution in [0.5, 0.6) is 0 Å². The number of rotatable bonds is 3. The number of aromatic nitrogens is 2. The first-order valence-electron chi connectivity index (χ1n) is 4.20. The van der Waals surface area contributed by atoms with E-state index in [1.165, 1.54) is 4.68 Å². The number of anilines is 1. The number of carboxylic acids is 1. The van der Waals surface area contributed by atoms with Crippen LogP contribution in [0.15, 0.2) is 0 Å². The van der Waals surface area contributed by atoms with E-state index in [1.54, 1.807) is 0 Å². The lowest BCUT2D eigenvalue weighted by atomic mass is 10.2. The maximum Gasteiger partial charge on any atom is 0.356 e. The molecule has 0 fully saturated rings. The maximum absolute atomic E-state index is 10.7. The summed E-state index contributed by atoms with van der Waals surface area (Å²) in [5.74, 6) is -0.557. The molecule has 1 rings (SSSR count). The van der Waals surface area contributed by atoms with Crippen LogP contribution in [0.1, 0.15) is 29.9 Å². The van der Waals surface area contributed by atoms with E-state index in [-0.39, 0.29) is 5.69 Å². The molecule has 0 saturated carbocycles. The van der Waals surface area contributed by atoms with Gasteiger partial charge in [-0.3, -0.25) is 0 Å². The molecule has 1 heterocycles. The van der Waals surface area contributed by atoms with Gasteiger partial charge in [-0.15, -0.1) is 0 Å². The summed E-state index contributed by atoms with van der Waals surface area (Å²) in [7, 11) is 0. The summed E-state index contributed by atoms with van der Waals surface area (Å²) in [4.78, 5) is 10.7. The highest BCUT2D eigenvalue weighted by atomic mass is 16.4. The lowest BCUT2D eigenvalue weighted by Gasteiger charge is -1.98. The molecule has 0 aromatic carbocycles. The highest BCUT2D eigenvalue weighted by molar-refractivity contribution is 5.88. The van der Waals surface area contributed by atoms with Gasteiger partial charge < -0.3 is 10.8 Å². The van der Waals surface area contributed by atoms with Crippen LogP contribution in [0.2, 0.25) is 0 Å². The van der Waals surface area contributed by atoms with Crippen molar-refractivity contribution >= 4 is 11.8 Å². The van der Waals surface area contributed by atoms with Gasteiger partial charge in [0.25, 0.3) is 0 Å². The zero-order valence-corrected chi connectivity index (χ0v) is 7.74. The smallest absolute Gasteiger partial charge is 0.356 e. The van der Waals surface area contributed by atoms with Crippen LogP contribution in [0.3, 0.4) is 0 Å². The molecule has 5 heteroatoms. The lowest BCUT2D eigenvalue weighted by molar-refractivity contribution is 0.0688. The molecule has 72 valence electrons. The van der Waals surface area contributed by atoms with Crippen LogP contribution in [0.4, 0.5) is 5.82 Å². The summed E-state index contributed by atoms with van der Waals surface area (Å²) >= 11 is 0. The Labute approximate surface area is 76.2 Å². The second kappa shape index (κ2) is 3.47. The highest BCUT2D eigenvalue weighted by Gasteiger charge is 2.18. The number of aromatic carboxylic acids is 1. The molecule has 0 amide bonds. The Balaban J connectivity index is 3.27. The van der Waals surface area contributed by atoms with Crippen molar-refractivity contribution in [2.24, 2.45) is 0 Å². The van der Waals surface area contributed by atoms with Crippen LogP contribution >= 0.6 is 0 Å². The predicted molar refractivity (Wildman–Crippen MR) is 48.7 cm³/mol. The minimum atomic E-state index is -1.02. The van der Waals surface area contributed by atoms with Crippen molar-refractivity contribution in [3.63, 3.8) is 0 Å². The summed E-state index contributed by atoms with van der Waals surface area (Å²) in [6, 6.07) is 0. The molecule has 0 unspecified atom stereocenters. The van der Waals surface area contributed by atoms with Crippen molar-refractivity contribution in [3.05, 3.63) is 11.3 Å². The summed E-state index contributed by atoms with van der Waals surface area (Å²) in [5, 5.41) is 12.7. The fraction of sp³-hybridized carbons (Fsp3) is 0.500. The van der Waals surface area contributed by atoms with Crippen molar-refractivity contribution in [2.75, 3.05) is 5.73 Å². The van der Waals surface area contributed by atoms with E-state index in [0.29, 0.717) is 24.3 Å². The number of hydrogen-bond acceptors (Lipinski definition) is 3. The third-order valence-corrected chi connectivity index (χ3v) is 1.95. The molecule has 0 spiro atoms. The average Bonchev–Trinajstić information content (AvgIpc) is 2.42. The minimum Gasteiger partial charge on any atom is -0.476 e. The number of hydrogen-bond donors (Lipinski definition) is 2. The Morgan fingerprint density at radius 3 is 2.54 bits per heavy atom. The Hall–Kier alpha value is -1.52. The molecule has 0 aliphatic rings. The van der Waals surface area contributed by atoms with Crippen molar-refractivity contribution < 1.29 is 9.90 Å². The summed E-state index contributed by atoms with van der Waals surface area (Å²) in [5.41, 5.74) is 6.39. The van der Waals surface area contributed by atoms with Gasteiger partial charge in [-0.2, -0.15) is 5.10 Å². The Kier molecular flexibility index (Phi) is 2.55. The van der Waals surface area contributed by atoms with Crippen molar-refractivity contribution in [1.29, 1.82) is 0 Å². The molecular weight excluding hydrogens is 170 g/mol. The van der Waals surface area contributed by atoms with Gasteiger partial charge in [0, 0.05) is 12.1 Å². The second-order valence-electron chi connectivity index (χ2n) is 2.69. The second-order valence-corrected chi connectivity index (χ2v) is 2.69. The van der Waals surface area contributed by atoms with Gasteiger partial charge in [0.1, 0.15) is 5.82 Å². The van der Waals surface area contributed by atoms with E-state index in [4.69, 9.17) is 10.8 Å². The fourth-order valence-corrected chi connectivity index (χ4v) is 1.27. The topological polar surface area (TPSA) is 81.1 Å². The quantitative estimate of drug-likeness (QED) is 0.724. The monoisotopic (exact) mass is 183 g/mol. The molecule has 1 aromatic heterocycles. The van der Waals surface area contributed by atoms with Crippen LogP contribution in [-0.4, -0.2) is 20.9 Å². The molecule has 1 aromatic rings. The standard InChI is InChI=1S/C8H13N3O2/c1-3-5-6(8(12)13)10-11(4-2)7(5)9/h3-4,9H2,1-2H3,(H,12,13). The normalized spacial score (nSPS) is 10.3. The van der Waals surface area contributed by atoms with E-state index in [0.717, 1.165) is 0 Å². The largest absolute Gasteiger partial charge is 0.476 e. The highest BCUT2D eigenvalue weighted by Crippen LogP contribution is 2.17. The first-order chi connectivity index (χ1) is 6.11. The average molecular weight is 183 g/mol. The van der Waals surface area contributed by atoms with Gasteiger partial charge in [0.15, 0.2) is 5.69 Å². The van der Waals surface area contributed by atoms with Gasteiger partial charge in [0.05, 0.1) is 0 Å². The SMILES string of the molecule is CCc1c(C(=O)O)nn(CC)c1N. The van der Waals surface area contributed by atoms with Crippen LogP contribution in [0, 0.1) is 0 Å². The molecule has 0 atom stereocenters. The van der Waals surface area contributed by atoms with Gasteiger partial charge >= 0.3 is 5.97 Å². The molecule has 3 N–H and O–H groups in total. The first-order valence-corrected chi connectivity index (χ1v) is 4.20. The molecule has 0 bridgehead atoms. The van der Waals surface area contributed by atoms with Crippen molar-refractivity contribution in [3.8, 4) is 0 Å². The number of nitrogens with zero attached hydrogens (tertiary/aromatic N) is 2. The number of nitrogen functional groups attached to an aromatic ring is 1. The van der Waals surface area contributed by atoms with E-state index in [1.807, 2.05) is 13.8 Å². The van der Waals surface area contributed by atoms with Crippen molar-refractivity contribution in [2.45, 2.75) is 26.8 Å². The van der Waals surface area contributed by atoms with E-state index >= 15 is 0 Å². The van der Waals surface area contributed by atoms with Crippen LogP contribution in [-0.2, 0) is 13.0 Å². The molecule has 5 nitrogen and oxygen atoms in total. The summed E-state index contributed by atoms with van der Waals surface area (Å²) in [6.45, 7) is 4.32. The zero-order valence-electron chi connectivity index (χ0n) is 7.74. The number of aryl methyl sites for hydroxylation is 1. The van der Waals surface area contributed by atoms with Crippen LogP contribution in [0.25, 0.3) is 0 Å². The molecular formula is C8H13N3O2. The number of carbonyl (C=O) groups is 1. The minimum absolute atomic E-state index is 0.0712. The third-order valence-electron chi connectivity index (χ3n) is 1.95. The first kappa shape index (κ1) is 9.57. The summed E-state index contributed by atoms with van der Waals surface area (Å²) in [6.07, 6.45) is 0.591. The Morgan fingerprint density at radius 2 is 2.23 bits per heavy atom. The maximum atomic E-state index is 10.7. The molecule has 0 aliphatic carbocycles. The third kappa shape index (κ3) is 1.49. The Bertz CT molecular complexity index is 330. The van der Waals surface area contributed by atoms with Crippen molar-refractivity contribution in [1.82, 2.24) is 9.78 Å².